The maximum absolute atomic E-state index is 6.06. The largest absolute Gasteiger partial charge is 0.375 e. The van der Waals surface area contributed by atoms with Crippen molar-refractivity contribution in [2.24, 2.45) is 5.41 Å². The highest BCUT2D eigenvalue weighted by molar-refractivity contribution is 5.06. The highest BCUT2D eigenvalue weighted by Gasteiger charge is 2.43. The zero-order valence-corrected chi connectivity index (χ0v) is 14.0. The van der Waals surface area contributed by atoms with E-state index in [4.69, 9.17) is 9.47 Å². The van der Waals surface area contributed by atoms with Crippen LogP contribution in [0.2, 0.25) is 0 Å². The molecule has 0 aromatic carbocycles. The molecule has 23 heavy (non-hydrogen) atoms. The van der Waals surface area contributed by atoms with Crippen LogP contribution in [0.3, 0.4) is 0 Å². The predicted octanol–water partition coefficient (Wildman–Crippen LogP) is 3.02. The predicted molar refractivity (Wildman–Crippen MR) is 89.1 cm³/mol. The third-order valence-electron chi connectivity index (χ3n) is 6.03. The molecule has 1 atom stereocenters. The topological polar surface area (TPSA) is 34.6 Å². The second-order valence-corrected chi connectivity index (χ2v) is 7.63. The van der Waals surface area contributed by atoms with Gasteiger partial charge in [-0.15, -0.1) is 0 Å². The molecule has 2 saturated heterocycles. The average Bonchev–Trinajstić information content (AvgIpc) is 2.92. The number of piperidine rings is 1. The van der Waals surface area contributed by atoms with Gasteiger partial charge in [-0.05, 0) is 62.2 Å². The summed E-state index contributed by atoms with van der Waals surface area (Å²) in [5.41, 5.74) is 1.57. The molecular weight excluding hydrogens is 288 g/mol. The SMILES string of the molecule is c1cncc(COCC2CC3(CCN(C4CCC4)CC3)CO2)c1. The van der Waals surface area contributed by atoms with Crippen LogP contribution >= 0.6 is 0 Å². The third kappa shape index (κ3) is 3.59. The molecule has 3 heterocycles. The van der Waals surface area contributed by atoms with E-state index in [1.807, 2.05) is 12.3 Å². The van der Waals surface area contributed by atoms with Crippen LogP contribution < -0.4 is 0 Å². The van der Waals surface area contributed by atoms with Crippen molar-refractivity contribution in [2.75, 3.05) is 26.3 Å². The van der Waals surface area contributed by atoms with Crippen molar-refractivity contribution in [3.05, 3.63) is 30.1 Å². The van der Waals surface area contributed by atoms with Crippen molar-refractivity contribution >= 4 is 0 Å². The summed E-state index contributed by atoms with van der Waals surface area (Å²) in [5.74, 6) is 0. The molecule has 3 aliphatic rings. The molecule has 1 aliphatic carbocycles. The van der Waals surface area contributed by atoms with Crippen molar-refractivity contribution in [1.29, 1.82) is 0 Å². The summed E-state index contributed by atoms with van der Waals surface area (Å²) in [7, 11) is 0. The van der Waals surface area contributed by atoms with Gasteiger partial charge in [-0.3, -0.25) is 4.98 Å². The fraction of sp³-hybridized carbons (Fsp3) is 0.737. The summed E-state index contributed by atoms with van der Waals surface area (Å²) in [5, 5.41) is 0. The Labute approximate surface area is 139 Å². The molecule has 126 valence electrons. The van der Waals surface area contributed by atoms with E-state index in [1.165, 1.54) is 51.6 Å². The molecular formula is C19H28N2O2. The highest BCUT2D eigenvalue weighted by Crippen LogP contribution is 2.43. The van der Waals surface area contributed by atoms with E-state index in [1.54, 1.807) is 6.20 Å². The van der Waals surface area contributed by atoms with E-state index >= 15 is 0 Å². The highest BCUT2D eigenvalue weighted by atomic mass is 16.5. The lowest BCUT2D eigenvalue weighted by molar-refractivity contribution is 0.00372. The first-order valence-corrected chi connectivity index (χ1v) is 9.15. The molecule has 1 spiro atoms. The van der Waals surface area contributed by atoms with E-state index in [0.717, 1.165) is 18.2 Å². The van der Waals surface area contributed by atoms with Crippen LogP contribution in [0, 0.1) is 5.41 Å². The summed E-state index contributed by atoms with van der Waals surface area (Å²) in [6.07, 6.45) is 12.0. The number of hydrogen-bond acceptors (Lipinski definition) is 4. The first kappa shape index (κ1) is 15.6. The van der Waals surface area contributed by atoms with Gasteiger partial charge in [0.15, 0.2) is 0 Å². The van der Waals surface area contributed by atoms with Crippen molar-refractivity contribution in [2.45, 2.75) is 57.3 Å². The maximum atomic E-state index is 6.06. The number of pyridine rings is 1. The molecule has 0 bridgehead atoms. The normalized spacial score (nSPS) is 28.1. The maximum Gasteiger partial charge on any atom is 0.0815 e. The van der Waals surface area contributed by atoms with Crippen LogP contribution in [-0.4, -0.2) is 48.3 Å². The number of aromatic nitrogens is 1. The lowest BCUT2D eigenvalue weighted by Gasteiger charge is -2.45. The van der Waals surface area contributed by atoms with Crippen LogP contribution in [0.15, 0.2) is 24.5 Å². The molecule has 4 rings (SSSR count). The Kier molecular flexibility index (Phi) is 4.65. The van der Waals surface area contributed by atoms with Crippen LogP contribution in [0.1, 0.15) is 44.1 Å². The molecule has 1 saturated carbocycles. The van der Waals surface area contributed by atoms with E-state index in [2.05, 4.69) is 16.0 Å². The molecule has 0 amide bonds. The number of ether oxygens (including phenoxy) is 2. The summed E-state index contributed by atoms with van der Waals surface area (Å²) in [6, 6.07) is 4.91. The fourth-order valence-corrected chi connectivity index (χ4v) is 4.26. The zero-order chi connectivity index (χ0) is 15.5. The van der Waals surface area contributed by atoms with E-state index in [-0.39, 0.29) is 6.10 Å². The Morgan fingerprint density at radius 2 is 2.17 bits per heavy atom. The van der Waals surface area contributed by atoms with Gasteiger partial charge in [0.25, 0.3) is 0 Å². The van der Waals surface area contributed by atoms with Gasteiger partial charge in [0.2, 0.25) is 0 Å². The molecule has 4 heteroatoms. The number of nitrogens with zero attached hydrogens (tertiary/aromatic N) is 2. The fourth-order valence-electron chi connectivity index (χ4n) is 4.26. The summed E-state index contributed by atoms with van der Waals surface area (Å²) < 4.78 is 11.9. The first-order valence-electron chi connectivity index (χ1n) is 9.15. The Hall–Kier alpha value is -0.970. The Bertz CT molecular complexity index is 495. The van der Waals surface area contributed by atoms with Gasteiger partial charge in [-0.25, -0.2) is 0 Å². The number of likely N-dealkylation sites (tertiary alicyclic amines) is 1. The van der Waals surface area contributed by atoms with Gasteiger partial charge >= 0.3 is 0 Å². The molecule has 2 aliphatic heterocycles. The van der Waals surface area contributed by atoms with Gasteiger partial charge in [-0.2, -0.15) is 0 Å². The number of hydrogen-bond donors (Lipinski definition) is 0. The molecule has 1 aromatic rings. The molecule has 1 aromatic heterocycles. The monoisotopic (exact) mass is 316 g/mol. The van der Waals surface area contributed by atoms with Crippen molar-refractivity contribution in [3.63, 3.8) is 0 Å². The van der Waals surface area contributed by atoms with Crippen LogP contribution in [0.4, 0.5) is 0 Å². The molecule has 3 fully saturated rings. The second-order valence-electron chi connectivity index (χ2n) is 7.63. The minimum atomic E-state index is 0.280. The van der Waals surface area contributed by atoms with Gasteiger partial charge in [0, 0.05) is 18.4 Å². The van der Waals surface area contributed by atoms with Crippen LogP contribution in [0.5, 0.6) is 0 Å². The lowest BCUT2D eigenvalue weighted by atomic mass is 9.75. The van der Waals surface area contributed by atoms with Gasteiger partial charge < -0.3 is 14.4 Å². The quantitative estimate of drug-likeness (QED) is 0.836. The van der Waals surface area contributed by atoms with E-state index in [0.29, 0.717) is 18.6 Å². The van der Waals surface area contributed by atoms with E-state index in [9.17, 15) is 0 Å². The Morgan fingerprint density at radius 1 is 1.30 bits per heavy atom. The van der Waals surface area contributed by atoms with Crippen LogP contribution in [0.25, 0.3) is 0 Å². The van der Waals surface area contributed by atoms with Gasteiger partial charge in [-0.1, -0.05) is 12.5 Å². The Morgan fingerprint density at radius 3 is 2.87 bits per heavy atom. The summed E-state index contributed by atoms with van der Waals surface area (Å²) in [4.78, 5) is 6.84. The third-order valence-corrected chi connectivity index (χ3v) is 6.03. The smallest absolute Gasteiger partial charge is 0.0815 e. The minimum Gasteiger partial charge on any atom is -0.375 e. The lowest BCUT2D eigenvalue weighted by Crippen LogP contribution is -2.48. The summed E-state index contributed by atoms with van der Waals surface area (Å²) >= 11 is 0. The van der Waals surface area contributed by atoms with Crippen molar-refractivity contribution < 1.29 is 9.47 Å². The van der Waals surface area contributed by atoms with Crippen molar-refractivity contribution in [1.82, 2.24) is 9.88 Å². The van der Waals surface area contributed by atoms with Gasteiger partial charge in [0.1, 0.15) is 0 Å². The van der Waals surface area contributed by atoms with E-state index < -0.39 is 0 Å². The van der Waals surface area contributed by atoms with Crippen molar-refractivity contribution in [3.8, 4) is 0 Å². The molecule has 1 unspecified atom stereocenters. The first-order chi connectivity index (χ1) is 11.3. The summed E-state index contributed by atoms with van der Waals surface area (Å²) in [6.45, 7) is 4.83. The Balaban J connectivity index is 1.20. The molecule has 0 radical (unpaired) electrons. The second kappa shape index (κ2) is 6.88. The zero-order valence-electron chi connectivity index (χ0n) is 14.0. The minimum absolute atomic E-state index is 0.280. The standard InChI is InChI=1S/C19H28N2O2/c1-4-17(5-1)21-9-6-19(7-10-21)11-18(23-15-19)14-22-13-16-3-2-8-20-12-16/h2-3,8,12,17-18H,1,4-7,9-11,13-15H2. The average molecular weight is 316 g/mol. The molecule has 4 nitrogen and oxygen atoms in total. The number of rotatable bonds is 5. The molecule has 0 N–H and O–H groups in total. The van der Waals surface area contributed by atoms with Gasteiger partial charge in [0.05, 0.1) is 25.9 Å². The van der Waals surface area contributed by atoms with Crippen LogP contribution in [-0.2, 0) is 16.1 Å².